The molecule has 6 aromatic rings. The molecule has 0 fully saturated rings. The van der Waals surface area contributed by atoms with E-state index in [9.17, 15) is 9.59 Å². The van der Waals surface area contributed by atoms with Gasteiger partial charge in [-0.15, -0.1) is 0 Å². The van der Waals surface area contributed by atoms with E-state index in [0.29, 0.717) is 51.9 Å². The Hall–Kier alpha value is -6.30. The molecule has 0 saturated carbocycles. The van der Waals surface area contributed by atoms with Crippen molar-refractivity contribution in [2.24, 2.45) is 0 Å². The van der Waals surface area contributed by atoms with Gasteiger partial charge in [-0.1, -0.05) is 24.8 Å². The highest BCUT2D eigenvalue weighted by Gasteiger charge is 2.27. The quantitative estimate of drug-likeness (QED) is 0.164. The number of methoxy groups -OCH3 is 1. The Balaban J connectivity index is 1.23. The molecule has 2 amide bonds. The number of nitrogen functional groups attached to an aromatic ring is 1. The van der Waals surface area contributed by atoms with Crippen molar-refractivity contribution in [2.45, 2.75) is 18.9 Å². The van der Waals surface area contributed by atoms with E-state index in [-0.39, 0.29) is 17.7 Å². The SMILES string of the molecule is C=C(OC)C(=O)Nc1ccccc1C(=O)N[C@H]1CCc2cc(-n3c(-c4cccnc4N)nc4ccc(-n5cccn5)nc43)ccc21. The van der Waals surface area contributed by atoms with Crippen molar-refractivity contribution >= 4 is 34.5 Å². The van der Waals surface area contributed by atoms with E-state index in [0.717, 1.165) is 23.2 Å². The third kappa shape index (κ3) is 5.11. The first-order valence-corrected chi connectivity index (χ1v) is 14.6. The lowest BCUT2D eigenvalue weighted by Gasteiger charge is -2.17. The van der Waals surface area contributed by atoms with Gasteiger partial charge in [-0.2, -0.15) is 5.10 Å². The number of nitrogens with zero attached hydrogens (tertiary/aromatic N) is 6. The topological polar surface area (TPSA) is 155 Å². The van der Waals surface area contributed by atoms with Crippen LogP contribution in [0, 0.1) is 0 Å². The number of carbonyl (C=O) groups excluding carboxylic acids is 2. The largest absolute Gasteiger partial charge is 0.492 e. The van der Waals surface area contributed by atoms with Crippen molar-refractivity contribution < 1.29 is 14.3 Å². The van der Waals surface area contributed by atoms with Crippen LogP contribution in [0.1, 0.15) is 33.9 Å². The number of imidazole rings is 1. The molecule has 4 N–H and O–H groups in total. The second-order valence-electron chi connectivity index (χ2n) is 10.7. The van der Waals surface area contributed by atoms with Crippen LogP contribution in [0.3, 0.4) is 0 Å². The number of carbonyl (C=O) groups is 2. The third-order valence-corrected chi connectivity index (χ3v) is 8.00. The second kappa shape index (κ2) is 11.7. The van der Waals surface area contributed by atoms with Gasteiger partial charge < -0.3 is 21.1 Å². The van der Waals surface area contributed by atoms with Gasteiger partial charge in [0.15, 0.2) is 23.0 Å². The van der Waals surface area contributed by atoms with Gasteiger partial charge in [0, 0.05) is 24.3 Å². The van der Waals surface area contributed by atoms with E-state index in [1.807, 2.05) is 53.2 Å². The Morgan fingerprint density at radius 2 is 1.89 bits per heavy atom. The van der Waals surface area contributed by atoms with Crippen molar-refractivity contribution in [2.75, 3.05) is 18.2 Å². The molecule has 0 aliphatic heterocycles. The molecule has 1 aliphatic carbocycles. The molecule has 0 spiro atoms. The van der Waals surface area contributed by atoms with E-state index < -0.39 is 5.91 Å². The Kier molecular flexibility index (Phi) is 7.21. The monoisotopic (exact) mass is 611 g/mol. The summed E-state index contributed by atoms with van der Waals surface area (Å²) in [5, 5.41) is 10.2. The summed E-state index contributed by atoms with van der Waals surface area (Å²) in [4.78, 5) is 40.0. The fraction of sp³-hybridized carbons (Fsp3) is 0.118. The van der Waals surface area contributed by atoms with Crippen LogP contribution in [-0.4, -0.2) is 48.2 Å². The van der Waals surface area contributed by atoms with Crippen molar-refractivity contribution in [1.82, 2.24) is 34.6 Å². The number of para-hydroxylation sites is 1. The zero-order valence-corrected chi connectivity index (χ0v) is 24.8. The molecule has 46 heavy (non-hydrogen) atoms. The number of nitrogens with one attached hydrogen (secondary N) is 2. The third-order valence-electron chi connectivity index (χ3n) is 8.00. The molecular formula is C34H29N9O3. The summed E-state index contributed by atoms with van der Waals surface area (Å²) in [6.07, 6.45) is 6.65. The minimum Gasteiger partial charge on any atom is -0.492 e. The van der Waals surface area contributed by atoms with Gasteiger partial charge in [-0.25, -0.2) is 19.6 Å². The first-order chi connectivity index (χ1) is 22.4. The van der Waals surface area contributed by atoms with Gasteiger partial charge in [0.05, 0.1) is 30.0 Å². The van der Waals surface area contributed by atoms with Gasteiger partial charge in [0.2, 0.25) is 0 Å². The molecule has 228 valence electrons. The molecule has 4 heterocycles. The summed E-state index contributed by atoms with van der Waals surface area (Å²) in [7, 11) is 1.36. The fourth-order valence-electron chi connectivity index (χ4n) is 5.71. The molecule has 1 aliphatic rings. The molecule has 12 heteroatoms. The minimum atomic E-state index is -0.521. The Morgan fingerprint density at radius 1 is 1.02 bits per heavy atom. The summed E-state index contributed by atoms with van der Waals surface area (Å²) in [5.74, 6) is 0.750. The van der Waals surface area contributed by atoms with Crippen LogP contribution in [0.2, 0.25) is 0 Å². The lowest BCUT2D eigenvalue weighted by atomic mass is 10.1. The number of hydrogen-bond donors (Lipinski definition) is 3. The van der Waals surface area contributed by atoms with Crippen LogP contribution in [0.4, 0.5) is 11.5 Å². The average molecular weight is 612 g/mol. The maximum absolute atomic E-state index is 13.5. The highest BCUT2D eigenvalue weighted by atomic mass is 16.5. The normalized spacial score (nSPS) is 13.7. The first-order valence-electron chi connectivity index (χ1n) is 14.6. The summed E-state index contributed by atoms with van der Waals surface area (Å²) in [6.45, 7) is 3.58. The molecule has 4 aromatic heterocycles. The Bertz CT molecular complexity index is 2140. The number of hydrogen-bond acceptors (Lipinski definition) is 8. The predicted molar refractivity (Wildman–Crippen MR) is 173 cm³/mol. The van der Waals surface area contributed by atoms with E-state index in [2.05, 4.69) is 33.4 Å². The van der Waals surface area contributed by atoms with Gasteiger partial charge in [0.25, 0.3) is 11.8 Å². The molecule has 0 saturated heterocycles. The number of ether oxygens (including phenoxy) is 1. The molecule has 0 radical (unpaired) electrons. The average Bonchev–Trinajstić information content (AvgIpc) is 3.83. The lowest BCUT2D eigenvalue weighted by Crippen LogP contribution is -2.28. The van der Waals surface area contributed by atoms with Gasteiger partial charge >= 0.3 is 0 Å². The number of aryl methyl sites for hydroxylation is 1. The molecule has 12 nitrogen and oxygen atoms in total. The number of amides is 2. The summed E-state index contributed by atoms with van der Waals surface area (Å²) in [5.41, 5.74) is 12.0. The van der Waals surface area contributed by atoms with Gasteiger partial charge in [-0.05, 0) is 78.6 Å². The van der Waals surface area contributed by atoms with Gasteiger partial charge in [0.1, 0.15) is 11.3 Å². The number of fused-ring (bicyclic) bond motifs is 2. The second-order valence-corrected chi connectivity index (χ2v) is 10.7. The van der Waals surface area contributed by atoms with Crippen molar-refractivity contribution in [3.63, 3.8) is 0 Å². The number of aromatic nitrogens is 6. The highest BCUT2D eigenvalue weighted by Crippen LogP contribution is 2.36. The maximum Gasteiger partial charge on any atom is 0.290 e. The number of nitrogens with two attached hydrogens (primary N) is 1. The van der Waals surface area contributed by atoms with E-state index >= 15 is 0 Å². The van der Waals surface area contributed by atoms with Crippen LogP contribution in [-0.2, 0) is 16.0 Å². The van der Waals surface area contributed by atoms with Crippen LogP contribution in [0.5, 0.6) is 0 Å². The Labute approximate surface area is 263 Å². The summed E-state index contributed by atoms with van der Waals surface area (Å²) in [6, 6.07) is 22.1. The number of rotatable bonds is 8. The molecule has 0 unspecified atom stereocenters. The fourth-order valence-corrected chi connectivity index (χ4v) is 5.71. The standard InChI is InChI=1S/C34H29N9O3/c1-20(46-2)33(44)39-26-9-4-3-7-24(26)34(45)40-27-13-10-21-19-22(11-12-23(21)27)43-31(25-8-5-16-36-30(25)35)38-28-14-15-29(41-32(28)43)42-18-6-17-37-42/h3-9,11-12,14-19,27H,1,10,13H2,2H3,(H2,35,36)(H,39,44)(H,40,45)/t27-/m0/s1. The number of pyridine rings is 2. The highest BCUT2D eigenvalue weighted by molar-refractivity contribution is 6.07. The number of benzene rings is 2. The summed E-state index contributed by atoms with van der Waals surface area (Å²) < 4.78 is 8.60. The lowest BCUT2D eigenvalue weighted by molar-refractivity contribution is -0.115. The first kappa shape index (κ1) is 28.5. The summed E-state index contributed by atoms with van der Waals surface area (Å²) >= 11 is 0. The number of anilines is 2. The van der Waals surface area contributed by atoms with Crippen LogP contribution >= 0.6 is 0 Å². The Morgan fingerprint density at radius 3 is 2.70 bits per heavy atom. The minimum absolute atomic E-state index is 0.0522. The van der Waals surface area contributed by atoms with Crippen LogP contribution in [0.25, 0.3) is 34.1 Å². The molecule has 2 aromatic carbocycles. The molecule has 7 rings (SSSR count). The van der Waals surface area contributed by atoms with Gasteiger partial charge in [-0.3, -0.25) is 14.2 Å². The van der Waals surface area contributed by atoms with Crippen molar-refractivity contribution in [1.29, 1.82) is 0 Å². The molecule has 0 bridgehead atoms. The maximum atomic E-state index is 13.5. The van der Waals surface area contributed by atoms with Crippen molar-refractivity contribution in [3.05, 3.63) is 120 Å². The van der Waals surface area contributed by atoms with Crippen LogP contribution < -0.4 is 16.4 Å². The van der Waals surface area contributed by atoms with E-state index in [1.54, 1.807) is 41.3 Å². The molecule has 1 atom stereocenters. The zero-order chi connectivity index (χ0) is 31.8. The zero-order valence-electron chi connectivity index (χ0n) is 24.8. The smallest absolute Gasteiger partial charge is 0.290 e. The van der Waals surface area contributed by atoms with Crippen molar-refractivity contribution in [3.8, 4) is 22.9 Å². The van der Waals surface area contributed by atoms with E-state index in [1.165, 1.54) is 7.11 Å². The van der Waals surface area contributed by atoms with E-state index in [4.69, 9.17) is 20.4 Å². The predicted octanol–water partition coefficient (Wildman–Crippen LogP) is 4.77. The molecular weight excluding hydrogens is 582 g/mol. The van der Waals surface area contributed by atoms with Crippen LogP contribution in [0.15, 0.2) is 104 Å².